The molecule has 6 nitrogen and oxygen atoms in total. The number of hydrogen-bond acceptors (Lipinski definition) is 4. The Kier molecular flexibility index (Phi) is 3.56. The quantitative estimate of drug-likeness (QED) is 0.679. The first kappa shape index (κ1) is 13.9. The van der Waals surface area contributed by atoms with Crippen LogP contribution in [0.1, 0.15) is 10.4 Å². The van der Waals surface area contributed by atoms with E-state index in [1.54, 1.807) is 0 Å². The molecule has 2 heterocycles. The van der Waals surface area contributed by atoms with Gasteiger partial charge in [0.2, 0.25) is 5.95 Å². The van der Waals surface area contributed by atoms with E-state index in [0.29, 0.717) is 15.6 Å². The van der Waals surface area contributed by atoms with Crippen LogP contribution in [0.25, 0.3) is 11.2 Å². The third-order valence-electron chi connectivity index (χ3n) is 2.64. The SMILES string of the molecule is O=C(Nc1nc(Cl)c2[nH]cnc2n1)c1ccc(F)cc1Br. The maximum atomic E-state index is 13.0. The molecule has 1 aromatic carbocycles. The lowest BCUT2D eigenvalue weighted by molar-refractivity contribution is 0.102. The van der Waals surface area contributed by atoms with Crippen LogP contribution in [0.15, 0.2) is 29.0 Å². The zero-order valence-corrected chi connectivity index (χ0v) is 12.5. The van der Waals surface area contributed by atoms with Gasteiger partial charge in [0.15, 0.2) is 10.8 Å². The van der Waals surface area contributed by atoms with E-state index in [4.69, 9.17) is 11.6 Å². The Morgan fingerprint density at radius 3 is 2.95 bits per heavy atom. The van der Waals surface area contributed by atoms with Crippen molar-refractivity contribution in [3.63, 3.8) is 0 Å². The molecule has 106 valence electrons. The van der Waals surface area contributed by atoms with Gasteiger partial charge < -0.3 is 4.98 Å². The fourth-order valence-electron chi connectivity index (χ4n) is 1.70. The van der Waals surface area contributed by atoms with E-state index >= 15 is 0 Å². The normalized spacial score (nSPS) is 10.8. The number of anilines is 1. The molecule has 21 heavy (non-hydrogen) atoms. The van der Waals surface area contributed by atoms with Crippen LogP contribution in [-0.4, -0.2) is 25.8 Å². The number of aromatic amines is 1. The highest BCUT2D eigenvalue weighted by atomic mass is 79.9. The van der Waals surface area contributed by atoms with Gasteiger partial charge in [0.25, 0.3) is 5.91 Å². The first-order valence-corrected chi connectivity index (χ1v) is 6.84. The molecule has 0 saturated heterocycles. The molecule has 2 N–H and O–H groups in total. The molecular weight excluding hydrogens is 365 g/mol. The summed E-state index contributed by atoms with van der Waals surface area (Å²) in [5, 5.41) is 2.63. The van der Waals surface area contributed by atoms with Gasteiger partial charge in [-0.05, 0) is 34.1 Å². The third-order valence-corrected chi connectivity index (χ3v) is 3.57. The lowest BCUT2D eigenvalue weighted by Gasteiger charge is -2.06. The number of benzene rings is 1. The number of aromatic nitrogens is 4. The van der Waals surface area contributed by atoms with Gasteiger partial charge in [0.05, 0.1) is 11.9 Å². The highest BCUT2D eigenvalue weighted by Crippen LogP contribution is 2.21. The number of H-pyrrole nitrogens is 1. The zero-order chi connectivity index (χ0) is 15.0. The van der Waals surface area contributed by atoms with E-state index in [1.807, 2.05) is 0 Å². The van der Waals surface area contributed by atoms with Gasteiger partial charge in [-0.25, -0.2) is 9.37 Å². The zero-order valence-electron chi connectivity index (χ0n) is 10.2. The van der Waals surface area contributed by atoms with Crippen molar-refractivity contribution >= 4 is 50.6 Å². The van der Waals surface area contributed by atoms with Crippen molar-refractivity contribution in [2.75, 3.05) is 5.32 Å². The smallest absolute Gasteiger partial charge is 0.259 e. The van der Waals surface area contributed by atoms with Gasteiger partial charge in [-0.1, -0.05) is 11.6 Å². The summed E-state index contributed by atoms with van der Waals surface area (Å²) in [6, 6.07) is 3.73. The van der Waals surface area contributed by atoms with E-state index in [-0.39, 0.29) is 16.7 Å². The van der Waals surface area contributed by atoms with Crippen LogP contribution in [0.3, 0.4) is 0 Å². The van der Waals surface area contributed by atoms with E-state index in [2.05, 4.69) is 41.2 Å². The second kappa shape index (κ2) is 5.38. The first-order chi connectivity index (χ1) is 10.0. The van der Waals surface area contributed by atoms with Crippen molar-refractivity contribution in [1.29, 1.82) is 0 Å². The summed E-state index contributed by atoms with van der Waals surface area (Å²) < 4.78 is 13.3. The summed E-state index contributed by atoms with van der Waals surface area (Å²) in [4.78, 5) is 26.8. The van der Waals surface area contributed by atoms with Gasteiger partial charge in [0.1, 0.15) is 11.3 Å². The van der Waals surface area contributed by atoms with Crippen LogP contribution in [0, 0.1) is 5.82 Å². The third kappa shape index (κ3) is 2.72. The summed E-state index contributed by atoms with van der Waals surface area (Å²) in [5.41, 5.74) is 1.07. The average Bonchev–Trinajstić information content (AvgIpc) is 2.87. The molecule has 0 bridgehead atoms. The molecular formula is C12H6BrClFN5O. The van der Waals surface area contributed by atoms with Crippen LogP contribution in [0.2, 0.25) is 5.15 Å². The molecule has 0 aliphatic carbocycles. The summed E-state index contributed by atoms with van der Waals surface area (Å²) in [6.45, 7) is 0. The molecule has 0 atom stereocenters. The molecule has 2 aromatic heterocycles. The van der Waals surface area contributed by atoms with Crippen LogP contribution in [-0.2, 0) is 0 Å². The second-order valence-corrected chi connectivity index (χ2v) is 5.23. The van der Waals surface area contributed by atoms with E-state index in [9.17, 15) is 9.18 Å². The van der Waals surface area contributed by atoms with Gasteiger partial charge in [-0.3, -0.25) is 10.1 Å². The summed E-state index contributed by atoms with van der Waals surface area (Å²) in [5.74, 6) is -0.927. The van der Waals surface area contributed by atoms with Crippen LogP contribution in [0.5, 0.6) is 0 Å². The summed E-state index contributed by atoms with van der Waals surface area (Å²) >= 11 is 9.08. The Labute approximate surface area is 130 Å². The summed E-state index contributed by atoms with van der Waals surface area (Å²) in [7, 11) is 0. The van der Waals surface area contributed by atoms with Crippen molar-refractivity contribution in [3.05, 3.63) is 45.5 Å². The number of fused-ring (bicyclic) bond motifs is 1. The number of nitrogens with one attached hydrogen (secondary N) is 2. The number of hydrogen-bond donors (Lipinski definition) is 2. The van der Waals surface area contributed by atoms with Gasteiger partial charge >= 0.3 is 0 Å². The van der Waals surface area contributed by atoms with Gasteiger partial charge in [-0.15, -0.1) is 0 Å². The molecule has 0 radical (unpaired) electrons. The number of carbonyl (C=O) groups excluding carboxylic acids is 1. The monoisotopic (exact) mass is 369 g/mol. The Morgan fingerprint density at radius 1 is 1.38 bits per heavy atom. The number of halogens is 3. The molecule has 1 amide bonds. The standard InChI is InChI=1S/C12H6BrClFN5O/c13-7-3-5(15)1-2-6(7)11(21)20-12-18-9(14)8-10(19-12)17-4-16-8/h1-4H,(H2,16,17,18,19,20,21). The molecule has 0 fully saturated rings. The van der Waals surface area contributed by atoms with Crippen molar-refractivity contribution in [1.82, 2.24) is 19.9 Å². The van der Waals surface area contributed by atoms with Crippen LogP contribution < -0.4 is 5.32 Å². The molecule has 0 aliphatic heterocycles. The number of nitrogens with zero attached hydrogens (tertiary/aromatic N) is 3. The largest absolute Gasteiger partial charge is 0.341 e. The van der Waals surface area contributed by atoms with E-state index in [0.717, 1.165) is 0 Å². The van der Waals surface area contributed by atoms with Gasteiger partial charge in [0, 0.05) is 4.47 Å². The molecule has 0 spiro atoms. The van der Waals surface area contributed by atoms with E-state index < -0.39 is 11.7 Å². The molecule has 0 aliphatic rings. The first-order valence-electron chi connectivity index (χ1n) is 5.67. The highest BCUT2D eigenvalue weighted by Gasteiger charge is 2.14. The molecule has 3 aromatic rings. The molecule has 0 saturated carbocycles. The number of rotatable bonds is 2. The van der Waals surface area contributed by atoms with Crippen molar-refractivity contribution in [2.45, 2.75) is 0 Å². The number of carbonyl (C=O) groups is 1. The predicted molar refractivity (Wildman–Crippen MR) is 78.7 cm³/mol. The topological polar surface area (TPSA) is 83.6 Å². The minimum Gasteiger partial charge on any atom is -0.341 e. The van der Waals surface area contributed by atoms with Crippen molar-refractivity contribution < 1.29 is 9.18 Å². The molecule has 3 rings (SSSR count). The van der Waals surface area contributed by atoms with Crippen molar-refractivity contribution in [2.24, 2.45) is 0 Å². The minimum atomic E-state index is -0.493. The lowest BCUT2D eigenvalue weighted by Crippen LogP contribution is -2.15. The average molecular weight is 371 g/mol. The highest BCUT2D eigenvalue weighted by molar-refractivity contribution is 9.10. The van der Waals surface area contributed by atoms with Crippen LogP contribution >= 0.6 is 27.5 Å². The maximum Gasteiger partial charge on any atom is 0.259 e. The maximum absolute atomic E-state index is 13.0. The minimum absolute atomic E-state index is 0.0147. The van der Waals surface area contributed by atoms with Crippen molar-refractivity contribution in [3.8, 4) is 0 Å². The van der Waals surface area contributed by atoms with E-state index in [1.165, 1.54) is 24.5 Å². The Hall–Kier alpha value is -2.06. The Morgan fingerprint density at radius 2 is 2.19 bits per heavy atom. The number of imidazole rings is 1. The second-order valence-electron chi connectivity index (χ2n) is 4.02. The Bertz CT molecular complexity index is 853. The summed E-state index contributed by atoms with van der Waals surface area (Å²) in [6.07, 6.45) is 1.42. The molecule has 0 unspecified atom stereocenters. The van der Waals surface area contributed by atoms with Crippen LogP contribution in [0.4, 0.5) is 10.3 Å². The fourth-order valence-corrected chi connectivity index (χ4v) is 2.45. The lowest BCUT2D eigenvalue weighted by atomic mass is 10.2. The molecule has 9 heteroatoms. The number of amides is 1. The predicted octanol–water partition coefficient (Wildman–Crippen LogP) is 3.16. The fraction of sp³-hybridized carbons (Fsp3) is 0. The van der Waals surface area contributed by atoms with Gasteiger partial charge in [-0.2, -0.15) is 9.97 Å². The Balaban J connectivity index is 1.92.